The van der Waals surface area contributed by atoms with Gasteiger partial charge in [-0.05, 0) is 105 Å². The van der Waals surface area contributed by atoms with E-state index < -0.39 is 5.60 Å². The van der Waals surface area contributed by atoms with Gasteiger partial charge >= 0.3 is 0 Å². The van der Waals surface area contributed by atoms with Gasteiger partial charge in [-0.1, -0.05) is 20.3 Å². The monoisotopic (exact) mass is 453 g/mol. The van der Waals surface area contributed by atoms with E-state index in [4.69, 9.17) is 10.00 Å². The summed E-state index contributed by atoms with van der Waals surface area (Å²) in [4.78, 5) is 0. The molecule has 0 aromatic carbocycles. The zero-order valence-electron chi connectivity index (χ0n) is 20.9. The molecule has 1 heterocycles. The predicted octanol–water partition coefficient (Wildman–Crippen LogP) is 5.43. The zero-order chi connectivity index (χ0) is 23.2. The second kappa shape index (κ2) is 9.00. The van der Waals surface area contributed by atoms with Gasteiger partial charge in [0.25, 0.3) is 0 Å². The fourth-order valence-corrected chi connectivity index (χ4v) is 9.48. The van der Waals surface area contributed by atoms with Crippen molar-refractivity contribution in [3.63, 3.8) is 0 Å². The van der Waals surface area contributed by atoms with Crippen molar-refractivity contribution >= 4 is 0 Å². The molecule has 5 nitrogen and oxygen atoms in total. The van der Waals surface area contributed by atoms with Crippen LogP contribution in [0, 0.1) is 58.2 Å². The minimum absolute atomic E-state index is 0.433. The molecule has 9 atom stereocenters. The Morgan fingerprint density at radius 3 is 2.76 bits per heavy atom. The summed E-state index contributed by atoms with van der Waals surface area (Å²) in [6, 6.07) is 2.21. The molecule has 0 amide bonds. The second-order valence-corrected chi connectivity index (χ2v) is 12.5. The van der Waals surface area contributed by atoms with Crippen LogP contribution in [0.4, 0.5) is 0 Å². The minimum Gasteiger partial charge on any atom is -0.387 e. The molecule has 4 aliphatic carbocycles. The van der Waals surface area contributed by atoms with Crippen molar-refractivity contribution < 1.29 is 9.84 Å². The highest BCUT2D eigenvalue weighted by Crippen LogP contribution is 2.64. The molecule has 1 unspecified atom stereocenters. The maximum absolute atomic E-state index is 11.0. The lowest BCUT2D eigenvalue weighted by Crippen LogP contribution is -2.55. The number of ether oxygens (including phenoxy) is 1. The van der Waals surface area contributed by atoms with Crippen molar-refractivity contribution in [2.45, 2.75) is 90.2 Å². The van der Waals surface area contributed by atoms with Crippen molar-refractivity contribution in [2.75, 3.05) is 13.7 Å². The van der Waals surface area contributed by atoms with Crippen LogP contribution in [0.2, 0.25) is 0 Å². The first-order chi connectivity index (χ1) is 15.9. The summed E-state index contributed by atoms with van der Waals surface area (Å²) < 4.78 is 7.36. The summed E-state index contributed by atoms with van der Waals surface area (Å²) >= 11 is 0. The first-order valence-electron chi connectivity index (χ1n) is 13.5. The van der Waals surface area contributed by atoms with Crippen molar-refractivity contribution in [2.24, 2.45) is 46.8 Å². The molecule has 0 aliphatic heterocycles. The Balaban J connectivity index is 1.30. The molecule has 0 saturated heterocycles. The topological polar surface area (TPSA) is 71.1 Å². The molecule has 33 heavy (non-hydrogen) atoms. The molecule has 1 aromatic rings. The molecule has 5 rings (SSSR count). The summed E-state index contributed by atoms with van der Waals surface area (Å²) in [5.74, 6) is 5.42. The number of aliphatic hydroxyl groups is 1. The lowest BCUT2D eigenvalue weighted by Gasteiger charge is -2.62. The molecule has 0 bridgehead atoms. The number of nitriles is 1. The quantitative estimate of drug-likeness (QED) is 0.645. The summed E-state index contributed by atoms with van der Waals surface area (Å²) in [5, 5.41) is 24.6. The SMILES string of the molecule is COC[C@@]1(O)CC[C@H]2[C@H](CC[C@@H]3[C@@H]2CC[C@]2(C)[C@@H](C(C)Cn4cc(C#N)cn4)CCC[C@@H]32)C1. The van der Waals surface area contributed by atoms with E-state index in [1.807, 2.05) is 10.9 Å². The van der Waals surface area contributed by atoms with Crippen LogP contribution in [-0.2, 0) is 11.3 Å². The third-order valence-electron chi connectivity index (χ3n) is 10.8. The zero-order valence-corrected chi connectivity index (χ0v) is 20.9. The van der Waals surface area contributed by atoms with Gasteiger partial charge in [0.05, 0.1) is 24.0 Å². The molecule has 1 N–H and O–H groups in total. The fraction of sp³-hybridized carbons (Fsp3) is 0.857. The molecular formula is C28H43N3O2. The predicted molar refractivity (Wildman–Crippen MR) is 128 cm³/mol. The van der Waals surface area contributed by atoms with Crippen molar-refractivity contribution in [3.05, 3.63) is 18.0 Å². The van der Waals surface area contributed by atoms with Crippen LogP contribution in [-0.4, -0.2) is 34.2 Å². The highest BCUT2D eigenvalue weighted by Gasteiger charge is 2.57. The molecule has 4 aliphatic rings. The van der Waals surface area contributed by atoms with Crippen LogP contribution in [0.5, 0.6) is 0 Å². The van der Waals surface area contributed by atoms with Crippen LogP contribution in [0.15, 0.2) is 12.4 Å². The third-order valence-corrected chi connectivity index (χ3v) is 10.8. The van der Waals surface area contributed by atoms with E-state index in [2.05, 4.69) is 25.0 Å². The summed E-state index contributed by atoms with van der Waals surface area (Å²) in [5.41, 5.74) is 0.509. The first-order valence-corrected chi connectivity index (χ1v) is 13.5. The summed E-state index contributed by atoms with van der Waals surface area (Å²) in [6.45, 7) is 6.47. The standard InChI is InChI=1S/C28H43N3O2/c1-19(16-31-17-20(14-29)15-30-31)25-5-4-6-26-24-8-7-21-13-28(32,18-33-3)12-10-22(21)23(24)9-11-27(25,26)2/h15,17,19,21-26,32H,4-13,16,18H2,1-3H3/t19?,21-,22+,23-,24-,25-,26+,27-,28-/m1/s1. The van der Waals surface area contributed by atoms with E-state index in [9.17, 15) is 5.11 Å². The number of hydrogen-bond acceptors (Lipinski definition) is 4. The van der Waals surface area contributed by atoms with E-state index >= 15 is 0 Å². The Morgan fingerprint density at radius 1 is 1.18 bits per heavy atom. The average Bonchev–Trinajstić information content (AvgIpc) is 3.25. The first kappa shape index (κ1) is 23.4. The largest absolute Gasteiger partial charge is 0.387 e. The summed E-state index contributed by atoms with van der Waals surface area (Å²) in [7, 11) is 1.72. The molecule has 182 valence electrons. The Morgan fingerprint density at radius 2 is 2.00 bits per heavy atom. The van der Waals surface area contributed by atoms with E-state index in [0.29, 0.717) is 29.4 Å². The highest BCUT2D eigenvalue weighted by atomic mass is 16.5. The second-order valence-electron chi connectivity index (χ2n) is 12.5. The molecule has 4 saturated carbocycles. The van der Waals surface area contributed by atoms with E-state index in [-0.39, 0.29) is 0 Å². The van der Waals surface area contributed by atoms with Gasteiger partial charge in [-0.25, -0.2) is 0 Å². The maximum Gasteiger partial charge on any atom is 0.102 e. The van der Waals surface area contributed by atoms with Crippen LogP contribution in [0.25, 0.3) is 0 Å². The number of fused-ring (bicyclic) bond motifs is 5. The number of hydrogen-bond donors (Lipinski definition) is 1. The lowest BCUT2D eigenvalue weighted by atomic mass is 9.44. The van der Waals surface area contributed by atoms with Gasteiger partial charge in [-0.2, -0.15) is 10.4 Å². The number of rotatable bonds is 5. The van der Waals surface area contributed by atoms with Gasteiger partial charge in [0.2, 0.25) is 0 Å². The van der Waals surface area contributed by atoms with Crippen LogP contribution in [0.3, 0.4) is 0 Å². The van der Waals surface area contributed by atoms with Crippen molar-refractivity contribution in [3.8, 4) is 6.07 Å². The number of methoxy groups -OCH3 is 1. The molecule has 0 spiro atoms. The Labute approximate surface area is 199 Å². The number of aromatic nitrogens is 2. The smallest absolute Gasteiger partial charge is 0.102 e. The molecule has 1 aromatic heterocycles. The molecule has 5 heteroatoms. The maximum atomic E-state index is 11.0. The van der Waals surface area contributed by atoms with Gasteiger partial charge in [-0.15, -0.1) is 0 Å². The van der Waals surface area contributed by atoms with Crippen LogP contribution >= 0.6 is 0 Å². The molecule has 4 fully saturated rings. The Kier molecular flexibility index (Phi) is 6.38. The fourth-order valence-electron chi connectivity index (χ4n) is 9.48. The van der Waals surface area contributed by atoms with Gasteiger partial charge in [-0.3, -0.25) is 4.68 Å². The number of nitrogens with zero attached hydrogens (tertiary/aromatic N) is 3. The lowest BCUT2D eigenvalue weighted by molar-refractivity contribution is -0.146. The van der Waals surface area contributed by atoms with Gasteiger partial charge < -0.3 is 9.84 Å². The van der Waals surface area contributed by atoms with Crippen molar-refractivity contribution in [1.29, 1.82) is 5.26 Å². The molecule has 0 radical (unpaired) electrons. The minimum atomic E-state index is -0.588. The van der Waals surface area contributed by atoms with E-state index in [0.717, 1.165) is 49.0 Å². The van der Waals surface area contributed by atoms with Gasteiger partial charge in [0, 0.05) is 19.9 Å². The molecular weight excluding hydrogens is 410 g/mol. The van der Waals surface area contributed by atoms with E-state index in [1.54, 1.807) is 13.3 Å². The Bertz CT molecular complexity index is 877. The van der Waals surface area contributed by atoms with Crippen LogP contribution < -0.4 is 0 Å². The average molecular weight is 454 g/mol. The third kappa shape index (κ3) is 4.16. The normalized spacial score (nSPS) is 43.6. The Hall–Kier alpha value is -1.38. The van der Waals surface area contributed by atoms with Crippen molar-refractivity contribution in [1.82, 2.24) is 9.78 Å². The van der Waals surface area contributed by atoms with Gasteiger partial charge in [0.1, 0.15) is 6.07 Å². The van der Waals surface area contributed by atoms with Gasteiger partial charge in [0.15, 0.2) is 0 Å². The van der Waals surface area contributed by atoms with Crippen LogP contribution in [0.1, 0.15) is 83.6 Å². The summed E-state index contributed by atoms with van der Waals surface area (Å²) in [6.07, 6.45) is 16.2. The highest BCUT2D eigenvalue weighted by molar-refractivity contribution is 5.21. The van der Waals surface area contributed by atoms with E-state index in [1.165, 1.54) is 51.4 Å².